The molecule has 1 fully saturated rings. The Balaban J connectivity index is 1.73. The van der Waals surface area contributed by atoms with Crippen LogP contribution in [-0.4, -0.2) is 47.9 Å². The van der Waals surface area contributed by atoms with E-state index in [0.717, 1.165) is 43.7 Å². The molecule has 1 aromatic carbocycles. The molecule has 7 heteroatoms. The lowest BCUT2D eigenvalue weighted by Crippen LogP contribution is -2.47. The van der Waals surface area contributed by atoms with Crippen molar-refractivity contribution in [3.8, 4) is 5.75 Å². The first kappa shape index (κ1) is 17.7. The number of methoxy groups -OCH3 is 1. The van der Waals surface area contributed by atoms with Crippen LogP contribution in [0.5, 0.6) is 5.75 Å². The monoisotopic (exact) mass is 354 g/mol. The van der Waals surface area contributed by atoms with Crippen molar-refractivity contribution in [3.63, 3.8) is 0 Å². The number of hydrogen-bond acceptors (Lipinski definition) is 5. The predicted molar refractivity (Wildman–Crippen MR) is 91.8 cm³/mol. The fourth-order valence-corrected chi connectivity index (χ4v) is 4.74. The van der Waals surface area contributed by atoms with Crippen LogP contribution in [0.4, 0.5) is 0 Å². The van der Waals surface area contributed by atoms with E-state index in [1.807, 2.05) is 6.92 Å². The third-order valence-electron chi connectivity index (χ3n) is 4.93. The van der Waals surface area contributed by atoms with Crippen LogP contribution in [0.3, 0.4) is 0 Å². The lowest BCUT2D eigenvalue weighted by molar-refractivity contribution is 0.0577. The first-order chi connectivity index (χ1) is 11.4. The van der Waals surface area contributed by atoms with Gasteiger partial charge in [0.2, 0.25) is 10.0 Å². The summed E-state index contributed by atoms with van der Waals surface area (Å²) in [6.45, 7) is 4.72. The number of piperidine rings is 1. The van der Waals surface area contributed by atoms with Crippen LogP contribution in [-0.2, 0) is 21.2 Å². The van der Waals surface area contributed by atoms with Crippen molar-refractivity contribution in [1.82, 2.24) is 10.0 Å². The minimum absolute atomic E-state index is 0.102. The second-order valence-corrected chi connectivity index (χ2v) is 8.68. The summed E-state index contributed by atoms with van der Waals surface area (Å²) in [4.78, 5) is 0.306. The van der Waals surface area contributed by atoms with Crippen LogP contribution in [0.15, 0.2) is 23.1 Å². The summed E-state index contributed by atoms with van der Waals surface area (Å²) in [6.07, 6.45) is 2.65. The Labute approximate surface area is 144 Å². The van der Waals surface area contributed by atoms with Crippen molar-refractivity contribution in [3.05, 3.63) is 23.8 Å². The summed E-state index contributed by atoms with van der Waals surface area (Å²) in [5.41, 5.74) is 0.820. The molecule has 0 amide bonds. The molecular weight excluding hydrogens is 328 g/mol. The van der Waals surface area contributed by atoms with Gasteiger partial charge in [-0.15, -0.1) is 0 Å². The van der Waals surface area contributed by atoms with Crippen LogP contribution >= 0.6 is 0 Å². The van der Waals surface area contributed by atoms with Gasteiger partial charge in [-0.1, -0.05) is 0 Å². The highest BCUT2D eigenvalue weighted by Gasteiger charge is 2.34. The fourth-order valence-electron chi connectivity index (χ4n) is 3.53. The van der Waals surface area contributed by atoms with Gasteiger partial charge in [0.25, 0.3) is 0 Å². The Morgan fingerprint density at radius 3 is 2.83 bits per heavy atom. The molecule has 24 heavy (non-hydrogen) atoms. The Morgan fingerprint density at radius 1 is 1.38 bits per heavy atom. The van der Waals surface area contributed by atoms with E-state index < -0.39 is 10.0 Å². The summed E-state index contributed by atoms with van der Waals surface area (Å²) in [5.74, 6) is 0.788. The first-order valence-electron chi connectivity index (χ1n) is 8.43. The normalized spacial score (nSPS) is 22.8. The zero-order valence-electron chi connectivity index (χ0n) is 14.3. The van der Waals surface area contributed by atoms with Crippen LogP contribution in [0.2, 0.25) is 0 Å². The van der Waals surface area contributed by atoms with Crippen molar-refractivity contribution in [2.24, 2.45) is 5.41 Å². The Kier molecular flexibility index (Phi) is 5.15. The molecule has 1 unspecified atom stereocenters. The van der Waals surface area contributed by atoms with Crippen molar-refractivity contribution in [1.29, 1.82) is 0 Å². The Bertz CT molecular complexity index is 678. The number of nitrogens with one attached hydrogen (secondary N) is 2. The molecule has 6 nitrogen and oxygen atoms in total. The molecule has 2 N–H and O–H groups in total. The maximum Gasteiger partial charge on any atom is 0.240 e. The largest absolute Gasteiger partial charge is 0.490 e. The highest BCUT2D eigenvalue weighted by atomic mass is 32.2. The van der Waals surface area contributed by atoms with Crippen LogP contribution < -0.4 is 14.8 Å². The number of fused-ring (bicyclic) bond motifs is 1. The van der Waals surface area contributed by atoms with E-state index in [1.54, 1.807) is 25.3 Å². The minimum Gasteiger partial charge on any atom is -0.490 e. The number of rotatable bonds is 6. The number of benzene rings is 1. The average Bonchev–Trinajstić information content (AvgIpc) is 2.93. The predicted octanol–water partition coefficient (Wildman–Crippen LogP) is 1.30. The fraction of sp³-hybridized carbons (Fsp3) is 0.647. The van der Waals surface area contributed by atoms with Gasteiger partial charge in [-0.25, -0.2) is 13.1 Å². The molecule has 1 saturated heterocycles. The molecule has 2 aliphatic heterocycles. The Hall–Kier alpha value is -1.15. The topological polar surface area (TPSA) is 76.7 Å². The third-order valence-corrected chi connectivity index (χ3v) is 6.33. The Morgan fingerprint density at radius 2 is 2.12 bits per heavy atom. The summed E-state index contributed by atoms with van der Waals surface area (Å²) in [6, 6.07) is 5.10. The van der Waals surface area contributed by atoms with Crippen LogP contribution in [0, 0.1) is 5.41 Å². The average molecular weight is 354 g/mol. The van der Waals surface area contributed by atoms with Crippen LogP contribution in [0.1, 0.15) is 25.3 Å². The molecule has 2 aliphatic rings. The molecule has 0 bridgehead atoms. The molecule has 2 heterocycles. The van der Waals surface area contributed by atoms with Gasteiger partial charge in [0.05, 0.1) is 11.5 Å². The third kappa shape index (κ3) is 3.74. The lowest BCUT2D eigenvalue weighted by atomic mass is 9.80. The highest BCUT2D eigenvalue weighted by Crippen LogP contribution is 2.32. The van der Waals surface area contributed by atoms with Gasteiger partial charge in [-0.2, -0.15) is 0 Å². The first-order valence-corrected chi connectivity index (χ1v) is 9.91. The zero-order chi connectivity index (χ0) is 17.2. The highest BCUT2D eigenvalue weighted by molar-refractivity contribution is 7.89. The van der Waals surface area contributed by atoms with Gasteiger partial charge in [-0.05, 0) is 56.6 Å². The molecule has 3 rings (SSSR count). The smallest absolute Gasteiger partial charge is 0.240 e. The van der Waals surface area contributed by atoms with E-state index >= 15 is 0 Å². The van der Waals surface area contributed by atoms with E-state index in [9.17, 15) is 8.42 Å². The summed E-state index contributed by atoms with van der Waals surface area (Å²) < 4.78 is 39.2. The number of sulfonamides is 1. The molecule has 1 atom stereocenters. The summed E-state index contributed by atoms with van der Waals surface area (Å²) in [7, 11) is -1.87. The maximum absolute atomic E-state index is 12.7. The SMILES string of the molecule is COCC1(CNS(=O)(=O)c2ccc3c(c2)CC(C)O3)CCNCC1. The van der Waals surface area contributed by atoms with Gasteiger partial charge in [0.15, 0.2) is 0 Å². The van der Waals surface area contributed by atoms with Gasteiger partial charge in [-0.3, -0.25) is 0 Å². The molecule has 0 aliphatic carbocycles. The lowest BCUT2D eigenvalue weighted by Gasteiger charge is -2.37. The quantitative estimate of drug-likeness (QED) is 0.805. The molecule has 134 valence electrons. The van der Waals surface area contributed by atoms with Gasteiger partial charge >= 0.3 is 0 Å². The molecule has 0 radical (unpaired) electrons. The van der Waals surface area contributed by atoms with E-state index in [1.165, 1.54) is 0 Å². The van der Waals surface area contributed by atoms with Crippen molar-refractivity contribution in [2.45, 2.75) is 37.2 Å². The van der Waals surface area contributed by atoms with Crippen molar-refractivity contribution in [2.75, 3.05) is 33.4 Å². The second-order valence-electron chi connectivity index (χ2n) is 6.91. The molecular formula is C17H26N2O4S. The van der Waals surface area contributed by atoms with E-state index in [-0.39, 0.29) is 11.5 Å². The molecule has 0 saturated carbocycles. The molecule has 0 spiro atoms. The zero-order valence-corrected chi connectivity index (χ0v) is 15.1. The number of ether oxygens (including phenoxy) is 2. The second kappa shape index (κ2) is 7.00. The van der Waals surface area contributed by atoms with E-state index in [0.29, 0.717) is 18.0 Å². The van der Waals surface area contributed by atoms with E-state index in [2.05, 4.69) is 10.0 Å². The van der Waals surface area contributed by atoms with Gasteiger partial charge in [0, 0.05) is 25.5 Å². The maximum atomic E-state index is 12.7. The minimum atomic E-state index is -3.54. The van der Waals surface area contributed by atoms with Crippen LogP contribution in [0.25, 0.3) is 0 Å². The standard InChI is InChI=1S/C17H26N2O4S/c1-13-9-14-10-15(3-4-16(14)23-13)24(20,21)19-11-17(12-22-2)5-7-18-8-6-17/h3-4,10,13,18-19H,5-9,11-12H2,1-2H3. The van der Waals surface area contributed by atoms with Crippen molar-refractivity contribution < 1.29 is 17.9 Å². The summed E-state index contributed by atoms with van der Waals surface area (Å²) >= 11 is 0. The van der Waals surface area contributed by atoms with Gasteiger partial charge < -0.3 is 14.8 Å². The van der Waals surface area contributed by atoms with E-state index in [4.69, 9.17) is 9.47 Å². The van der Waals surface area contributed by atoms with Crippen molar-refractivity contribution >= 4 is 10.0 Å². The number of hydrogen-bond donors (Lipinski definition) is 2. The molecule has 0 aromatic heterocycles. The van der Waals surface area contributed by atoms with Gasteiger partial charge in [0.1, 0.15) is 11.9 Å². The summed E-state index contributed by atoms with van der Waals surface area (Å²) in [5, 5.41) is 3.31. The molecule has 1 aromatic rings.